The van der Waals surface area contributed by atoms with Crippen molar-refractivity contribution in [3.05, 3.63) is 65.6 Å². The Balaban J connectivity index is 1.12. The van der Waals surface area contributed by atoms with Gasteiger partial charge in [0, 0.05) is 49.4 Å². The van der Waals surface area contributed by atoms with Gasteiger partial charge < -0.3 is 15.1 Å². The van der Waals surface area contributed by atoms with Crippen LogP contribution >= 0.6 is 0 Å². The molecule has 11 nitrogen and oxygen atoms in total. The molecule has 6 heterocycles. The van der Waals surface area contributed by atoms with Crippen molar-refractivity contribution in [1.82, 2.24) is 39.8 Å². The van der Waals surface area contributed by atoms with Crippen LogP contribution in [-0.4, -0.2) is 65.4 Å². The number of halogens is 1. The number of amides is 1. The van der Waals surface area contributed by atoms with Crippen LogP contribution in [0.2, 0.25) is 0 Å². The third kappa shape index (κ3) is 4.17. The lowest BCUT2D eigenvalue weighted by Crippen LogP contribution is -2.60. The van der Waals surface area contributed by atoms with Gasteiger partial charge in [-0.3, -0.25) is 9.89 Å². The first-order chi connectivity index (χ1) is 17.8. The molecular formula is C25H27FN10O. The summed E-state index contributed by atoms with van der Waals surface area (Å²) >= 11 is 0. The van der Waals surface area contributed by atoms with Crippen LogP contribution in [0.15, 0.2) is 42.9 Å². The Morgan fingerprint density at radius 3 is 2.65 bits per heavy atom. The van der Waals surface area contributed by atoms with Crippen molar-refractivity contribution in [1.29, 1.82) is 0 Å². The van der Waals surface area contributed by atoms with E-state index in [1.807, 2.05) is 43.9 Å². The minimum atomic E-state index is -0.422. The van der Waals surface area contributed by atoms with Crippen molar-refractivity contribution in [2.24, 2.45) is 5.41 Å². The third-order valence-corrected chi connectivity index (χ3v) is 7.13. The summed E-state index contributed by atoms with van der Waals surface area (Å²) in [5.41, 5.74) is 2.29. The maximum absolute atomic E-state index is 13.5. The Labute approximate surface area is 212 Å². The van der Waals surface area contributed by atoms with Crippen molar-refractivity contribution in [3.8, 4) is 5.82 Å². The van der Waals surface area contributed by atoms with E-state index < -0.39 is 11.2 Å². The van der Waals surface area contributed by atoms with E-state index in [2.05, 4.69) is 40.5 Å². The summed E-state index contributed by atoms with van der Waals surface area (Å²) in [5.74, 6) is 2.21. The van der Waals surface area contributed by atoms with E-state index >= 15 is 0 Å². The highest BCUT2D eigenvalue weighted by molar-refractivity contribution is 5.88. The van der Waals surface area contributed by atoms with Crippen LogP contribution in [0.25, 0.3) is 5.82 Å². The van der Waals surface area contributed by atoms with E-state index in [1.54, 1.807) is 12.3 Å². The van der Waals surface area contributed by atoms with E-state index in [9.17, 15) is 9.18 Å². The molecule has 0 radical (unpaired) electrons. The zero-order valence-corrected chi connectivity index (χ0v) is 20.8. The SMILES string of the molecule is Cc1cc(Nc2cc(C)[nH]n2)nc(N2CC3(CCN([C@@H](C)c4ccc(-n5cc(F)cn5)nc4)C3=O)C2)n1. The molecule has 1 spiro atoms. The molecular weight excluding hydrogens is 475 g/mol. The number of hydrogen-bond donors (Lipinski definition) is 2. The molecule has 1 atom stereocenters. The number of likely N-dealkylation sites (tertiary alicyclic amines) is 1. The van der Waals surface area contributed by atoms with Crippen LogP contribution in [-0.2, 0) is 4.79 Å². The first-order valence-corrected chi connectivity index (χ1v) is 12.2. The van der Waals surface area contributed by atoms with Crippen LogP contribution in [0.4, 0.5) is 22.0 Å². The number of nitrogens with one attached hydrogen (secondary N) is 2. The topological polar surface area (TPSA) is 121 Å². The van der Waals surface area contributed by atoms with Crippen LogP contribution in [0.5, 0.6) is 0 Å². The zero-order chi connectivity index (χ0) is 25.7. The summed E-state index contributed by atoms with van der Waals surface area (Å²) in [6.07, 6.45) is 4.92. The zero-order valence-electron chi connectivity index (χ0n) is 20.8. The number of nitrogens with zero attached hydrogens (tertiary/aromatic N) is 8. The molecule has 2 fully saturated rings. The van der Waals surface area contributed by atoms with Gasteiger partial charge in [-0.2, -0.15) is 15.2 Å². The second kappa shape index (κ2) is 8.64. The quantitative estimate of drug-likeness (QED) is 0.413. The van der Waals surface area contributed by atoms with Gasteiger partial charge in [0.15, 0.2) is 17.5 Å². The van der Waals surface area contributed by atoms with Gasteiger partial charge in [0.05, 0.1) is 23.9 Å². The van der Waals surface area contributed by atoms with E-state index in [1.165, 1.54) is 10.9 Å². The minimum absolute atomic E-state index is 0.125. The number of carbonyl (C=O) groups is 1. The van der Waals surface area contributed by atoms with Crippen molar-refractivity contribution in [2.75, 3.05) is 29.9 Å². The Morgan fingerprint density at radius 1 is 1.14 bits per heavy atom. The number of hydrogen-bond acceptors (Lipinski definition) is 8. The van der Waals surface area contributed by atoms with Crippen molar-refractivity contribution in [3.63, 3.8) is 0 Å². The van der Waals surface area contributed by atoms with Crippen LogP contribution in [0.3, 0.4) is 0 Å². The molecule has 6 rings (SSSR count). The Morgan fingerprint density at radius 2 is 1.97 bits per heavy atom. The van der Waals surface area contributed by atoms with Gasteiger partial charge in [-0.15, -0.1) is 0 Å². The normalized spacial score (nSPS) is 17.4. The molecule has 2 aliphatic heterocycles. The van der Waals surface area contributed by atoms with Crippen molar-refractivity contribution >= 4 is 23.5 Å². The summed E-state index contributed by atoms with van der Waals surface area (Å²) in [4.78, 5) is 31.2. The highest BCUT2D eigenvalue weighted by atomic mass is 19.1. The van der Waals surface area contributed by atoms with Gasteiger partial charge in [0.1, 0.15) is 5.82 Å². The van der Waals surface area contributed by atoms with Crippen LogP contribution in [0, 0.1) is 25.1 Å². The lowest BCUT2D eigenvalue weighted by Gasteiger charge is -2.46. The number of pyridine rings is 1. The summed E-state index contributed by atoms with van der Waals surface area (Å²) in [7, 11) is 0. The number of H-pyrrole nitrogens is 1. The van der Waals surface area contributed by atoms with E-state index in [-0.39, 0.29) is 11.9 Å². The standard InChI is InChI=1S/C25H27FN10O/c1-15-8-20(30-21-9-16(2)32-33-21)31-24(29-15)34-13-25(14-34)6-7-35(23(25)37)17(3)18-4-5-22(27-10-18)36-12-19(26)11-28-36/h4-5,8-12,17H,6-7,13-14H2,1-3H3,(H2,29,30,31,32,33)/t17-/m0/s1. The van der Waals surface area contributed by atoms with Gasteiger partial charge in [0.2, 0.25) is 11.9 Å². The van der Waals surface area contributed by atoms with Gasteiger partial charge in [-0.1, -0.05) is 6.07 Å². The Bertz CT molecular complexity index is 1460. The highest BCUT2D eigenvalue weighted by Gasteiger charge is 2.56. The molecule has 0 aliphatic carbocycles. The molecule has 2 N–H and O–H groups in total. The van der Waals surface area contributed by atoms with Gasteiger partial charge in [0.25, 0.3) is 0 Å². The molecule has 37 heavy (non-hydrogen) atoms. The molecule has 4 aromatic rings. The fraction of sp³-hybridized carbons (Fsp3) is 0.360. The number of aromatic amines is 1. The summed E-state index contributed by atoms with van der Waals surface area (Å²) in [5, 5.41) is 14.3. The highest BCUT2D eigenvalue weighted by Crippen LogP contribution is 2.44. The van der Waals surface area contributed by atoms with Crippen LogP contribution < -0.4 is 10.2 Å². The fourth-order valence-electron chi connectivity index (χ4n) is 5.09. The van der Waals surface area contributed by atoms with E-state index in [0.717, 1.165) is 29.6 Å². The van der Waals surface area contributed by atoms with Gasteiger partial charge >= 0.3 is 0 Å². The first kappa shape index (κ1) is 23.1. The molecule has 0 aromatic carbocycles. The third-order valence-electron chi connectivity index (χ3n) is 7.13. The first-order valence-electron chi connectivity index (χ1n) is 12.2. The second-order valence-corrected chi connectivity index (χ2v) is 9.87. The average Bonchev–Trinajstić information content (AvgIpc) is 3.56. The molecule has 190 valence electrons. The second-order valence-electron chi connectivity index (χ2n) is 9.87. The molecule has 2 saturated heterocycles. The van der Waals surface area contributed by atoms with E-state index in [4.69, 9.17) is 0 Å². The lowest BCUT2D eigenvalue weighted by molar-refractivity contribution is -0.139. The maximum atomic E-state index is 13.5. The Kier molecular flexibility index (Phi) is 5.39. The Hall–Kier alpha value is -4.35. The molecule has 0 saturated carbocycles. The molecule has 12 heteroatoms. The predicted octanol–water partition coefficient (Wildman–Crippen LogP) is 3.08. The molecule has 1 amide bonds. The van der Waals surface area contributed by atoms with Gasteiger partial charge in [-0.05, 0) is 38.8 Å². The predicted molar refractivity (Wildman–Crippen MR) is 134 cm³/mol. The number of carbonyl (C=O) groups excluding carboxylic acids is 1. The largest absolute Gasteiger partial charge is 0.338 e. The summed E-state index contributed by atoms with van der Waals surface area (Å²) < 4.78 is 14.7. The average molecular weight is 503 g/mol. The smallest absolute Gasteiger partial charge is 0.232 e. The monoisotopic (exact) mass is 502 g/mol. The maximum Gasteiger partial charge on any atom is 0.232 e. The number of aromatic nitrogens is 7. The number of anilines is 3. The van der Waals surface area contributed by atoms with Crippen molar-refractivity contribution in [2.45, 2.75) is 33.2 Å². The van der Waals surface area contributed by atoms with Crippen molar-refractivity contribution < 1.29 is 9.18 Å². The molecule has 0 unspecified atom stereocenters. The summed E-state index contributed by atoms with van der Waals surface area (Å²) in [6, 6.07) is 7.34. The molecule has 2 aliphatic rings. The van der Waals surface area contributed by atoms with E-state index in [0.29, 0.717) is 43.0 Å². The summed E-state index contributed by atoms with van der Waals surface area (Å²) in [6.45, 7) is 7.72. The van der Waals surface area contributed by atoms with Gasteiger partial charge in [-0.25, -0.2) is 19.0 Å². The van der Waals surface area contributed by atoms with Crippen LogP contribution in [0.1, 0.15) is 36.3 Å². The minimum Gasteiger partial charge on any atom is -0.338 e. The molecule has 0 bridgehead atoms. The fourth-order valence-corrected chi connectivity index (χ4v) is 5.09. The number of aryl methyl sites for hydroxylation is 2. The number of rotatable bonds is 6. The lowest BCUT2D eigenvalue weighted by atomic mass is 9.78. The molecule has 4 aromatic heterocycles.